The van der Waals surface area contributed by atoms with Gasteiger partial charge in [0.15, 0.2) is 11.5 Å². The number of nitrogens with one attached hydrogen (secondary N) is 1. The number of benzene rings is 3. The summed E-state index contributed by atoms with van der Waals surface area (Å²) in [6, 6.07) is 18.7. The summed E-state index contributed by atoms with van der Waals surface area (Å²) in [6.45, 7) is 4.57. The average molecular weight is 418 g/mol. The molecule has 6 nitrogen and oxygen atoms in total. The van der Waals surface area contributed by atoms with Gasteiger partial charge in [0.1, 0.15) is 12.4 Å². The summed E-state index contributed by atoms with van der Waals surface area (Å²) in [5.41, 5.74) is 7.19. The summed E-state index contributed by atoms with van der Waals surface area (Å²) >= 11 is 0. The molecule has 3 aromatic carbocycles. The van der Waals surface area contributed by atoms with Crippen LogP contribution in [0.5, 0.6) is 17.2 Å². The largest absolute Gasteiger partial charge is 0.496 e. The number of ether oxygens (including phenoxy) is 3. The Morgan fingerprint density at radius 3 is 2.48 bits per heavy atom. The van der Waals surface area contributed by atoms with Crippen molar-refractivity contribution in [2.45, 2.75) is 20.5 Å². The van der Waals surface area contributed by atoms with Crippen LogP contribution in [0.3, 0.4) is 0 Å². The Kier molecular flexibility index (Phi) is 7.27. The minimum Gasteiger partial charge on any atom is -0.496 e. The van der Waals surface area contributed by atoms with Crippen molar-refractivity contribution in [1.29, 1.82) is 0 Å². The third-order valence-electron chi connectivity index (χ3n) is 4.81. The molecule has 1 amide bonds. The predicted molar refractivity (Wildman–Crippen MR) is 121 cm³/mol. The second-order valence-electron chi connectivity index (χ2n) is 7.03. The number of para-hydroxylation sites is 1. The predicted octanol–water partition coefficient (Wildman–Crippen LogP) is 4.66. The number of hydrazone groups is 1. The van der Waals surface area contributed by atoms with Gasteiger partial charge < -0.3 is 14.2 Å². The van der Waals surface area contributed by atoms with E-state index in [0.717, 1.165) is 11.1 Å². The topological polar surface area (TPSA) is 69.2 Å². The van der Waals surface area contributed by atoms with Crippen LogP contribution in [0.2, 0.25) is 0 Å². The fourth-order valence-corrected chi connectivity index (χ4v) is 3.05. The van der Waals surface area contributed by atoms with Crippen molar-refractivity contribution >= 4 is 12.1 Å². The van der Waals surface area contributed by atoms with Crippen LogP contribution in [-0.2, 0) is 6.61 Å². The normalized spacial score (nSPS) is 10.7. The quantitative estimate of drug-likeness (QED) is 0.427. The molecule has 3 rings (SSSR count). The summed E-state index contributed by atoms with van der Waals surface area (Å²) in [5.74, 6) is 1.36. The lowest BCUT2D eigenvalue weighted by atomic mass is 10.1. The van der Waals surface area contributed by atoms with Crippen molar-refractivity contribution < 1.29 is 19.0 Å². The highest BCUT2D eigenvalue weighted by molar-refractivity contribution is 5.97. The molecule has 0 unspecified atom stereocenters. The maximum Gasteiger partial charge on any atom is 0.275 e. The Morgan fingerprint density at radius 2 is 1.71 bits per heavy atom. The maximum atomic E-state index is 12.3. The molecule has 1 N–H and O–H groups in total. The third-order valence-corrected chi connectivity index (χ3v) is 4.81. The van der Waals surface area contributed by atoms with E-state index in [1.807, 2.05) is 12.1 Å². The molecule has 31 heavy (non-hydrogen) atoms. The number of aryl methyl sites for hydroxylation is 2. The molecule has 0 radical (unpaired) electrons. The van der Waals surface area contributed by atoms with E-state index in [4.69, 9.17) is 14.2 Å². The van der Waals surface area contributed by atoms with Crippen LogP contribution in [0.4, 0.5) is 0 Å². The van der Waals surface area contributed by atoms with Gasteiger partial charge in [-0.1, -0.05) is 35.9 Å². The molecule has 0 aliphatic heterocycles. The van der Waals surface area contributed by atoms with E-state index in [9.17, 15) is 4.79 Å². The molecular weight excluding hydrogens is 392 g/mol. The average Bonchev–Trinajstić information content (AvgIpc) is 2.79. The first-order chi connectivity index (χ1) is 15.0. The van der Waals surface area contributed by atoms with Crippen LogP contribution in [0.25, 0.3) is 0 Å². The summed E-state index contributed by atoms with van der Waals surface area (Å²) < 4.78 is 16.6. The van der Waals surface area contributed by atoms with Gasteiger partial charge in [-0.15, -0.1) is 0 Å². The SMILES string of the molecule is COc1cc(/C=N/NC(=O)c2ccccc2OC)ccc1OCc1cc(C)ccc1C. The third kappa shape index (κ3) is 5.63. The molecule has 0 aromatic heterocycles. The highest BCUT2D eigenvalue weighted by Gasteiger charge is 2.10. The van der Waals surface area contributed by atoms with Gasteiger partial charge in [-0.05, 0) is 60.9 Å². The Bertz CT molecular complexity index is 1090. The summed E-state index contributed by atoms with van der Waals surface area (Å²) in [4.78, 5) is 12.3. The molecule has 0 bridgehead atoms. The van der Waals surface area contributed by atoms with Crippen molar-refractivity contribution in [2.75, 3.05) is 14.2 Å². The lowest BCUT2D eigenvalue weighted by Crippen LogP contribution is -2.18. The second-order valence-corrected chi connectivity index (χ2v) is 7.03. The molecule has 6 heteroatoms. The number of rotatable bonds is 8. The van der Waals surface area contributed by atoms with Crippen LogP contribution < -0.4 is 19.6 Å². The van der Waals surface area contributed by atoms with E-state index in [-0.39, 0.29) is 5.91 Å². The molecule has 0 saturated carbocycles. The van der Waals surface area contributed by atoms with Gasteiger partial charge in [-0.25, -0.2) is 5.43 Å². The number of hydrogen-bond acceptors (Lipinski definition) is 5. The van der Waals surface area contributed by atoms with E-state index < -0.39 is 0 Å². The minimum absolute atomic E-state index is 0.353. The number of carbonyl (C=O) groups is 1. The fraction of sp³-hybridized carbons (Fsp3) is 0.200. The molecule has 0 aliphatic carbocycles. The summed E-state index contributed by atoms with van der Waals surface area (Å²) in [5, 5.41) is 4.04. The zero-order valence-electron chi connectivity index (χ0n) is 18.1. The van der Waals surface area contributed by atoms with Crippen LogP contribution in [0.1, 0.15) is 32.6 Å². The molecule has 0 spiro atoms. The van der Waals surface area contributed by atoms with Crippen molar-refractivity contribution in [2.24, 2.45) is 5.10 Å². The monoisotopic (exact) mass is 418 g/mol. The minimum atomic E-state index is -0.353. The first-order valence-electron chi connectivity index (χ1n) is 9.85. The van der Waals surface area contributed by atoms with Gasteiger partial charge >= 0.3 is 0 Å². The fourth-order valence-electron chi connectivity index (χ4n) is 3.05. The molecule has 0 aliphatic rings. The second kappa shape index (κ2) is 10.3. The van der Waals surface area contributed by atoms with Gasteiger partial charge in [0, 0.05) is 0 Å². The molecule has 0 atom stereocenters. The first-order valence-corrected chi connectivity index (χ1v) is 9.85. The standard InChI is InChI=1S/C25H26N2O4/c1-17-9-10-18(2)20(13-17)16-31-23-12-11-19(14-24(23)30-4)15-26-27-25(28)21-7-5-6-8-22(21)29-3/h5-15H,16H2,1-4H3,(H,27,28)/b26-15+. The van der Waals surface area contributed by atoms with Crippen molar-refractivity contribution in [3.8, 4) is 17.2 Å². The van der Waals surface area contributed by atoms with E-state index in [0.29, 0.717) is 29.4 Å². The molecular formula is C25H26N2O4. The van der Waals surface area contributed by atoms with Crippen molar-refractivity contribution in [1.82, 2.24) is 5.43 Å². The Hall–Kier alpha value is -3.80. The van der Waals surface area contributed by atoms with E-state index in [1.54, 1.807) is 43.7 Å². The zero-order valence-corrected chi connectivity index (χ0v) is 18.1. The lowest BCUT2D eigenvalue weighted by molar-refractivity contribution is 0.0952. The van der Waals surface area contributed by atoms with Crippen LogP contribution in [-0.4, -0.2) is 26.3 Å². The highest BCUT2D eigenvalue weighted by atomic mass is 16.5. The van der Waals surface area contributed by atoms with Crippen LogP contribution in [0, 0.1) is 13.8 Å². The number of methoxy groups -OCH3 is 2. The number of carbonyl (C=O) groups excluding carboxylic acids is 1. The Labute approximate surface area is 182 Å². The van der Waals surface area contributed by atoms with Gasteiger partial charge in [-0.3, -0.25) is 4.79 Å². The van der Waals surface area contributed by atoms with E-state index in [2.05, 4.69) is 42.6 Å². The lowest BCUT2D eigenvalue weighted by Gasteiger charge is -2.13. The first kappa shape index (κ1) is 21.9. The smallest absolute Gasteiger partial charge is 0.275 e. The van der Waals surface area contributed by atoms with Gasteiger partial charge in [-0.2, -0.15) is 5.10 Å². The molecule has 0 heterocycles. The van der Waals surface area contributed by atoms with Crippen LogP contribution in [0.15, 0.2) is 65.8 Å². The molecule has 0 fully saturated rings. The zero-order chi connectivity index (χ0) is 22.2. The van der Waals surface area contributed by atoms with Crippen molar-refractivity contribution in [3.05, 3.63) is 88.5 Å². The van der Waals surface area contributed by atoms with E-state index in [1.165, 1.54) is 18.2 Å². The van der Waals surface area contributed by atoms with E-state index >= 15 is 0 Å². The van der Waals surface area contributed by atoms with Gasteiger partial charge in [0.25, 0.3) is 5.91 Å². The van der Waals surface area contributed by atoms with Gasteiger partial charge in [0.05, 0.1) is 26.0 Å². The maximum absolute atomic E-state index is 12.3. The van der Waals surface area contributed by atoms with Crippen LogP contribution >= 0.6 is 0 Å². The Morgan fingerprint density at radius 1 is 0.935 bits per heavy atom. The number of nitrogens with zero attached hydrogens (tertiary/aromatic N) is 1. The van der Waals surface area contributed by atoms with Crippen molar-refractivity contribution in [3.63, 3.8) is 0 Å². The highest BCUT2D eigenvalue weighted by Crippen LogP contribution is 2.29. The number of amides is 1. The molecule has 0 saturated heterocycles. The Balaban J connectivity index is 1.66. The molecule has 3 aromatic rings. The summed E-state index contributed by atoms with van der Waals surface area (Å²) in [6.07, 6.45) is 1.55. The van der Waals surface area contributed by atoms with Gasteiger partial charge in [0.2, 0.25) is 0 Å². The number of hydrogen-bond donors (Lipinski definition) is 1. The molecule has 160 valence electrons. The summed E-state index contributed by atoms with van der Waals surface area (Å²) in [7, 11) is 3.11.